The molecule has 0 unspecified atom stereocenters. The molecule has 0 amide bonds. The predicted octanol–water partition coefficient (Wildman–Crippen LogP) is 2.92. The molecule has 0 spiro atoms. The van der Waals surface area contributed by atoms with Gasteiger partial charge in [-0.15, -0.1) is 0 Å². The Labute approximate surface area is 114 Å². The number of hydrogen-bond donors (Lipinski definition) is 1. The highest BCUT2D eigenvalue weighted by molar-refractivity contribution is 7.89. The summed E-state index contributed by atoms with van der Waals surface area (Å²) in [4.78, 5) is -0.121. The average Bonchev–Trinajstić information content (AvgIpc) is 2.30. The third kappa shape index (κ3) is 3.44. The van der Waals surface area contributed by atoms with Crippen LogP contribution in [0.4, 0.5) is 4.39 Å². The van der Waals surface area contributed by atoms with Crippen LogP contribution in [0.2, 0.25) is 5.02 Å². The van der Waals surface area contributed by atoms with Gasteiger partial charge in [-0.1, -0.05) is 17.7 Å². The van der Waals surface area contributed by atoms with Crippen molar-refractivity contribution in [3.8, 4) is 11.5 Å². The summed E-state index contributed by atoms with van der Waals surface area (Å²) in [6, 6.07) is 9.28. The van der Waals surface area contributed by atoms with E-state index >= 15 is 0 Å². The summed E-state index contributed by atoms with van der Waals surface area (Å²) in [7, 11) is -3.82. The highest BCUT2D eigenvalue weighted by Gasteiger charge is 2.11. The molecule has 0 saturated carbocycles. The standard InChI is InChI=1S/C12H9ClFNO3S/c13-11-7-10(19(15,16)17)4-5-12(11)18-9-3-1-2-8(14)6-9/h1-7H,(H2,15,16,17). The third-order valence-corrected chi connectivity index (χ3v) is 3.46. The van der Waals surface area contributed by atoms with Gasteiger partial charge in [0.05, 0.1) is 9.92 Å². The third-order valence-electron chi connectivity index (χ3n) is 2.26. The average molecular weight is 302 g/mol. The number of nitrogens with two attached hydrogens (primary N) is 1. The Morgan fingerprint density at radius 1 is 1.16 bits per heavy atom. The summed E-state index contributed by atoms with van der Waals surface area (Å²) >= 11 is 5.89. The van der Waals surface area contributed by atoms with Gasteiger partial charge in [-0.05, 0) is 30.3 Å². The summed E-state index contributed by atoms with van der Waals surface area (Å²) in [5.74, 6) is 0.0136. The van der Waals surface area contributed by atoms with Crippen LogP contribution < -0.4 is 9.88 Å². The van der Waals surface area contributed by atoms with Crippen molar-refractivity contribution in [1.82, 2.24) is 0 Å². The lowest BCUT2D eigenvalue weighted by Crippen LogP contribution is -2.11. The van der Waals surface area contributed by atoms with Crippen molar-refractivity contribution in [2.75, 3.05) is 0 Å². The van der Waals surface area contributed by atoms with Gasteiger partial charge in [0.1, 0.15) is 17.3 Å². The largest absolute Gasteiger partial charge is 0.456 e. The van der Waals surface area contributed by atoms with Crippen LogP contribution >= 0.6 is 11.6 Å². The van der Waals surface area contributed by atoms with E-state index in [0.717, 1.165) is 0 Å². The molecule has 0 aliphatic carbocycles. The Balaban J connectivity index is 2.32. The van der Waals surface area contributed by atoms with Crippen LogP contribution in [-0.2, 0) is 10.0 Å². The SMILES string of the molecule is NS(=O)(=O)c1ccc(Oc2cccc(F)c2)c(Cl)c1. The van der Waals surface area contributed by atoms with E-state index in [-0.39, 0.29) is 21.4 Å². The molecule has 2 aromatic carbocycles. The van der Waals surface area contributed by atoms with E-state index in [2.05, 4.69) is 0 Å². The van der Waals surface area contributed by atoms with Gasteiger partial charge in [-0.3, -0.25) is 0 Å². The fourth-order valence-corrected chi connectivity index (χ4v) is 2.22. The second-order valence-electron chi connectivity index (χ2n) is 3.70. The van der Waals surface area contributed by atoms with Gasteiger partial charge >= 0.3 is 0 Å². The van der Waals surface area contributed by atoms with Gasteiger partial charge in [-0.25, -0.2) is 17.9 Å². The molecule has 0 bridgehead atoms. The van der Waals surface area contributed by atoms with Crippen molar-refractivity contribution in [1.29, 1.82) is 0 Å². The lowest BCUT2D eigenvalue weighted by Gasteiger charge is -2.08. The number of ether oxygens (including phenoxy) is 1. The van der Waals surface area contributed by atoms with E-state index in [1.165, 1.54) is 36.4 Å². The smallest absolute Gasteiger partial charge is 0.238 e. The summed E-state index contributed by atoms with van der Waals surface area (Å²) in [5, 5.41) is 5.04. The van der Waals surface area contributed by atoms with Crippen LogP contribution in [0.5, 0.6) is 11.5 Å². The lowest BCUT2D eigenvalue weighted by atomic mass is 10.3. The summed E-state index contributed by atoms with van der Waals surface area (Å²) in [6.45, 7) is 0. The van der Waals surface area contributed by atoms with Crippen LogP contribution in [0.25, 0.3) is 0 Å². The summed E-state index contributed by atoms with van der Waals surface area (Å²) in [5.41, 5.74) is 0. The van der Waals surface area contributed by atoms with Crippen molar-refractivity contribution >= 4 is 21.6 Å². The van der Waals surface area contributed by atoms with E-state index in [9.17, 15) is 12.8 Å². The highest BCUT2D eigenvalue weighted by atomic mass is 35.5. The van der Waals surface area contributed by atoms with E-state index < -0.39 is 15.8 Å². The summed E-state index contributed by atoms with van der Waals surface area (Å²) < 4.78 is 40.6. The van der Waals surface area contributed by atoms with Gasteiger partial charge < -0.3 is 4.74 Å². The van der Waals surface area contributed by atoms with Gasteiger partial charge in [-0.2, -0.15) is 0 Å². The van der Waals surface area contributed by atoms with Crippen LogP contribution in [0.1, 0.15) is 0 Å². The number of primary sulfonamides is 1. The van der Waals surface area contributed by atoms with Crippen molar-refractivity contribution < 1.29 is 17.5 Å². The zero-order chi connectivity index (χ0) is 14.0. The second kappa shape index (κ2) is 5.16. The van der Waals surface area contributed by atoms with E-state index in [4.69, 9.17) is 21.5 Å². The second-order valence-corrected chi connectivity index (χ2v) is 5.67. The number of hydrogen-bond acceptors (Lipinski definition) is 3. The molecule has 0 heterocycles. The lowest BCUT2D eigenvalue weighted by molar-refractivity contribution is 0.476. The van der Waals surface area contributed by atoms with E-state index in [0.29, 0.717) is 0 Å². The molecular formula is C12H9ClFNO3S. The molecule has 0 aliphatic heterocycles. The normalized spacial score (nSPS) is 11.3. The maximum absolute atomic E-state index is 13.0. The molecule has 0 aromatic heterocycles. The van der Waals surface area contributed by atoms with Gasteiger partial charge in [0.25, 0.3) is 0 Å². The molecule has 2 aromatic rings. The van der Waals surface area contributed by atoms with Crippen LogP contribution in [0, 0.1) is 5.82 Å². The molecular weight excluding hydrogens is 293 g/mol. The number of halogens is 2. The molecule has 2 rings (SSSR count). The Hall–Kier alpha value is -1.63. The molecule has 0 fully saturated rings. The fraction of sp³-hybridized carbons (Fsp3) is 0. The maximum Gasteiger partial charge on any atom is 0.238 e. The van der Waals surface area contributed by atoms with Gasteiger partial charge in [0.2, 0.25) is 10.0 Å². The van der Waals surface area contributed by atoms with Gasteiger partial charge in [0, 0.05) is 6.07 Å². The minimum atomic E-state index is -3.82. The number of benzene rings is 2. The first kappa shape index (κ1) is 13.8. The molecule has 4 nitrogen and oxygen atoms in total. The molecule has 19 heavy (non-hydrogen) atoms. The topological polar surface area (TPSA) is 69.4 Å². The van der Waals surface area contributed by atoms with Crippen LogP contribution in [0.3, 0.4) is 0 Å². The molecule has 7 heteroatoms. The fourth-order valence-electron chi connectivity index (χ4n) is 1.40. The summed E-state index contributed by atoms with van der Waals surface area (Å²) in [6.07, 6.45) is 0. The van der Waals surface area contributed by atoms with E-state index in [1.807, 2.05) is 0 Å². The van der Waals surface area contributed by atoms with Crippen molar-refractivity contribution in [3.63, 3.8) is 0 Å². The Morgan fingerprint density at radius 3 is 2.47 bits per heavy atom. The first-order valence-electron chi connectivity index (χ1n) is 5.12. The molecule has 0 saturated heterocycles. The molecule has 0 atom stereocenters. The molecule has 2 N–H and O–H groups in total. The first-order valence-corrected chi connectivity index (χ1v) is 7.04. The van der Waals surface area contributed by atoms with Crippen LogP contribution in [-0.4, -0.2) is 8.42 Å². The minimum Gasteiger partial charge on any atom is -0.456 e. The zero-order valence-corrected chi connectivity index (χ0v) is 11.1. The van der Waals surface area contributed by atoms with Crippen LogP contribution in [0.15, 0.2) is 47.4 Å². The molecule has 0 aliphatic rings. The van der Waals surface area contributed by atoms with Crippen molar-refractivity contribution in [3.05, 3.63) is 53.3 Å². The Bertz CT molecular complexity index is 719. The molecule has 0 radical (unpaired) electrons. The number of rotatable bonds is 3. The zero-order valence-electron chi connectivity index (χ0n) is 9.51. The maximum atomic E-state index is 13.0. The number of sulfonamides is 1. The van der Waals surface area contributed by atoms with Gasteiger partial charge in [0.15, 0.2) is 0 Å². The Morgan fingerprint density at radius 2 is 1.89 bits per heavy atom. The van der Waals surface area contributed by atoms with Crippen molar-refractivity contribution in [2.45, 2.75) is 4.90 Å². The quantitative estimate of drug-likeness (QED) is 0.947. The monoisotopic (exact) mass is 301 g/mol. The first-order chi connectivity index (χ1) is 8.86. The van der Waals surface area contributed by atoms with Crippen molar-refractivity contribution in [2.24, 2.45) is 5.14 Å². The highest BCUT2D eigenvalue weighted by Crippen LogP contribution is 2.31. The molecule has 100 valence electrons. The van der Waals surface area contributed by atoms with E-state index in [1.54, 1.807) is 6.07 Å². The Kier molecular flexibility index (Phi) is 3.75. The minimum absolute atomic E-state index is 0.0655. The predicted molar refractivity (Wildman–Crippen MR) is 69.3 cm³/mol.